The van der Waals surface area contributed by atoms with Gasteiger partial charge in [-0.2, -0.15) is 33.8 Å². The maximum atomic E-state index is 12.9. The molecule has 3 aromatic rings. The number of alkyl halides is 3. The summed E-state index contributed by atoms with van der Waals surface area (Å²) in [5, 5.41) is 19.4. The first-order valence-electron chi connectivity index (χ1n) is 7.04. The van der Waals surface area contributed by atoms with Gasteiger partial charge in [0.2, 0.25) is 0 Å². The number of benzene rings is 2. The Balaban J connectivity index is 2.31. The van der Waals surface area contributed by atoms with Crippen molar-refractivity contribution in [2.75, 3.05) is 0 Å². The third kappa shape index (κ3) is 3.12. The molecule has 8 heteroatoms. The molecule has 0 amide bonds. The Morgan fingerprint density at radius 3 is 2.32 bits per heavy atom. The summed E-state index contributed by atoms with van der Waals surface area (Å²) in [4.78, 5) is 11.8. The van der Waals surface area contributed by atoms with E-state index in [-0.39, 0.29) is 11.1 Å². The van der Waals surface area contributed by atoms with Gasteiger partial charge in [-0.3, -0.25) is 4.79 Å². The van der Waals surface area contributed by atoms with Crippen molar-refractivity contribution in [3.05, 3.63) is 65.2 Å². The van der Waals surface area contributed by atoms with Crippen LogP contribution in [-0.4, -0.2) is 27.4 Å². The van der Waals surface area contributed by atoms with Crippen molar-refractivity contribution in [2.24, 2.45) is 0 Å². The first kappa shape index (κ1) is 16.4. The molecule has 0 atom stereocenters. The molecule has 0 saturated carbocycles. The molecule has 0 fully saturated rings. The second-order valence-corrected chi connectivity index (χ2v) is 5.08. The summed E-state index contributed by atoms with van der Waals surface area (Å²) in [6.45, 7) is 0. The molecule has 0 saturated heterocycles. The van der Waals surface area contributed by atoms with E-state index in [4.69, 9.17) is 0 Å². The maximum Gasteiger partial charge on any atom is 0.455 e. The molecule has 0 radical (unpaired) electrons. The molecular formula is C17H9F3N4O. The van der Waals surface area contributed by atoms with Crippen molar-refractivity contribution >= 4 is 22.4 Å². The van der Waals surface area contributed by atoms with Crippen LogP contribution in [0.4, 0.5) is 13.2 Å². The monoisotopic (exact) mass is 342 g/mol. The summed E-state index contributed by atoms with van der Waals surface area (Å²) in [5.41, 5.74) is 0.428. The minimum Gasteiger partial charge on any atom is -0.283 e. The van der Waals surface area contributed by atoms with Gasteiger partial charge < -0.3 is 0 Å². The highest BCUT2D eigenvalue weighted by molar-refractivity contribution is 6.12. The van der Waals surface area contributed by atoms with E-state index in [9.17, 15) is 23.2 Å². The SMILES string of the molecule is N#CC(C(=O)C(F)(F)F)=C(c1ccccc1)c1ccc2n[nH]nc2c1. The third-order valence-corrected chi connectivity index (χ3v) is 3.51. The zero-order valence-corrected chi connectivity index (χ0v) is 12.5. The van der Waals surface area contributed by atoms with Gasteiger partial charge in [-0.15, -0.1) is 0 Å². The number of allylic oxidation sites excluding steroid dienone is 1. The number of nitriles is 1. The number of H-pyrrole nitrogens is 1. The quantitative estimate of drug-likeness (QED) is 0.584. The summed E-state index contributed by atoms with van der Waals surface area (Å²) >= 11 is 0. The van der Waals surface area contributed by atoms with Crippen molar-refractivity contribution in [2.45, 2.75) is 6.18 Å². The van der Waals surface area contributed by atoms with Gasteiger partial charge in [0.25, 0.3) is 5.78 Å². The van der Waals surface area contributed by atoms with Crippen molar-refractivity contribution in [3.8, 4) is 6.07 Å². The number of carbonyl (C=O) groups is 1. The highest BCUT2D eigenvalue weighted by Gasteiger charge is 2.42. The number of aromatic nitrogens is 3. The molecule has 0 unspecified atom stereocenters. The van der Waals surface area contributed by atoms with Crippen LogP contribution in [0.2, 0.25) is 0 Å². The lowest BCUT2D eigenvalue weighted by Gasteiger charge is -2.12. The molecule has 3 rings (SSSR count). The minimum atomic E-state index is -5.15. The van der Waals surface area contributed by atoms with Gasteiger partial charge in [0.05, 0.1) is 0 Å². The number of Topliss-reactive ketones (excluding diaryl/α,β-unsaturated/α-hetero) is 1. The average molecular weight is 342 g/mol. The Morgan fingerprint density at radius 1 is 1.00 bits per heavy atom. The molecule has 1 aromatic heterocycles. The molecule has 5 nitrogen and oxygen atoms in total. The fourth-order valence-corrected chi connectivity index (χ4v) is 2.42. The molecule has 2 aromatic carbocycles. The van der Waals surface area contributed by atoms with E-state index < -0.39 is 17.5 Å². The van der Waals surface area contributed by atoms with E-state index in [1.54, 1.807) is 24.3 Å². The van der Waals surface area contributed by atoms with Gasteiger partial charge >= 0.3 is 6.18 Å². The Kier molecular flexibility index (Phi) is 4.07. The predicted octanol–water partition coefficient (Wildman–Crippen LogP) is 3.41. The summed E-state index contributed by atoms with van der Waals surface area (Å²) < 4.78 is 38.8. The summed E-state index contributed by atoms with van der Waals surface area (Å²) in [6.07, 6.45) is -5.15. The molecule has 0 aliphatic carbocycles. The van der Waals surface area contributed by atoms with Gasteiger partial charge in [-0.25, -0.2) is 0 Å². The number of nitrogens with one attached hydrogen (secondary N) is 1. The molecule has 124 valence electrons. The molecule has 0 spiro atoms. The Hall–Kier alpha value is -3.47. The normalized spacial score (nSPS) is 12.6. The van der Waals surface area contributed by atoms with Crippen molar-refractivity contribution < 1.29 is 18.0 Å². The zero-order chi connectivity index (χ0) is 18.0. The third-order valence-electron chi connectivity index (χ3n) is 3.51. The lowest BCUT2D eigenvalue weighted by Crippen LogP contribution is -2.25. The lowest BCUT2D eigenvalue weighted by molar-refractivity contribution is -0.166. The number of aromatic amines is 1. The van der Waals surface area contributed by atoms with Gasteiger partial charge in [-0.05, 0) is 23.3 Å². The first-order chi connectivity index (χ1) is 11.9. The van der Waals surface area contributed by atoms with Crippen LogP contribution in [0.1, 0.15) is 11.1 Å². The van der Waals surface area contributed by atoms with E-state index >= 15 is 0 Å². The van der Waals surface area contributed by atoms with E-state index in [0.717, 1.165) is 0 Å². The van der Waals surface area contributed by atoms with Crippen molar-refractivity contribution in [1.29, 1.82) is 5.26 Å². The number of hydrogen-bond donors (Lipinski definition) is 1. The van der Waals surface area contributed by atoms with E-state index in [0.29, 0.717) is 16.6 Å². The lowest BCUT2D eigenvalue weighted by atomic mass is 9.91. The Bertz CT molecular complexity index is 1010. The molecule has 1 heterocycles. The van der Waals surface area contributed by atoms with Gasteiger partial charge in [-0.1, -0.05) is 36.4 Å². The second-order valence-electron chi connectivity index (χ2n) is 5.08. The summed E-state index contributed by atoms with van der Waals surface area (Å²) in [5.74, 6) is -2.19. The van der Waals surface area contributed by atoms with Crippen LogP contribution in [0.15, 0.2) is 54.1 Å². The van der Waals surface area contributed by atoms with Crippen LogP contribution in [0.25, 0.3) is 16.6 Å². The van der Waals surface area contributed by atoms with E-state index in [1.807, 2.05) is 0 Å². The van der Waals surface area contributed by atoms with Crippen LogP contribution < -0.4 is 0 Å². The van der Waals surface area contributed by atoms with Gasteiger partial charge in [0.1, 0.15) is 22.7 Å². The maximum absolute atomic E-state index is 12.9. The number of ketones is 1. The molecule has 25 heavy (non-hydrogen) atoms. The highest BCUT2D eigenvalue weighted by atomic mass is 19.4. The van der Waals surface area contributed by atoms with Crippen molar-refractivity contribution in [3.63, 3.8) is 0 Å². The van der Waals surface area contributed by atoms with Crippen LogP contribution >= 0.6 is 0 Å². The van der Waals surface area contributed by atoms with Crippen molar-refractivity contribution in [1.82, 2.24) is 15.4 Å². The number of hydrogen-bond acceptors (Lipinski definition) is 4. The summed E-state index contributed by atoms with van der Waals surface area (Å²) in [7, 11) is 0. The summed E-state index contributed by atoms with van der Waals surface area (Å²) in [6, 6.07) is 13.9. The molecule has 0 aliphatic rings. The number of fused-ring (bicyclic) bond motifs is 1. The van der Waals surface area contributed by atoms with Crippen LogP contribution in [-0.2, 0) is 4.79 Å². The molecular weight excluding hydrogens is 333 g/mol. The topological polar surface area (TPSA) is 82.4 Å². The highest BCUT2D eigenvalue weighted by Crippen LogP contribution is 2.32. The predicted molar refractivity (Wildman–Crippen MR) is 83.0 cm³/mol. The fourth-order valence-electron chi connectivity index (χ4n) is 2.42. The standard InChI is InChI=1S/C17H9F3N4O/c18-17(19,20)16(25)12(9-21)15(10-4-2-1-3-5-10)11-6-7-13-14(8-11)23-24-22-13/h1-8H,(H,22,23,24). The number of halogens is 3. The molecule has 0 bridgehead atoms. The Morgan fingerprint density at radius 2 is 1.68 bits per heavy atom. The minimum absolute atomic E-state index is 0.102. The van der Waals surface area contributed by atoms with Crippen LogP contribution in [0, 0.1) is 11.3 Å². The van der Waals surface area contributed by atoms with E-state index in [2.05, 4.69) is 15.4 Å². The zero-order valence-electron chi connectivity index (χ0n) is 12.5. The van der Waals surface area contributed by atoms with Crippen LogP contribution in [0.3, 0.4) is 0 Å². The number of rotatable bonds is 3. The fraction of sp³-hybridized carbons (Fsp3) is 0.0588. The molecule has 1 N–H and O–H groups in total. The number of carbonyl (C=O) groups excluding carboxylic acids is 1. The smallest absolute Gasteiger partial charge is 0.283 e. The van der Waals surface area contributed by atoms with Gasteiger partial charge in [0.15, 0.2) is 0 Å². The first-order valence-corrected chi connectivity index (χ1v) is 7.04. The van der Waals surface area contributed by atoms with Gasteiger partial charge in [0, 0.05) is 5.57 Å². The molecule has 0 aliphatic heterocycles. The number of nitrogens with zero attached hydrogens (tertiary/aromatic N) is 3. The van der Waals surface area contributed by atoms with Crippen LogP contribution in [0.5, 0.6) is 0 Å². The Labute approximate surface area is 139 Å². The average Bonchev–Trinajstić information content (AvgIpc) is 3.06. The largest absolute Gasteiger partial charge is 0.455 e. The van der Waals surface area contributed by atoms with E-state index in [1.165, 1.54) is 30.3 Å². The second kappa shape index (κ2) is 6.20.